The molecule has 1 amide bonds. The molecule has 1 aromatic heterocycles. The van der Waals surface area contributed by atoms with Gasteiger partial charge in [-0.05, 0) is 28.9 Å². The number of benzene rings is 1. The number of anilines is 1. The molecule has 0 spiro atoms. The van der Waals surface area contributed by atoms with E-state index in [0.29, 0.717) is 24.5 Å². The van der Waals surface area contributed by atoms with Gasteiger partial charge in [0.15, 0.2) is 5.69 Å². The van der Waals surface area contributed by atoms with Crippen LogP contribution in [0.5, 0.6) is 5.75 Å². The number of alkyl halides is 3. The van der Waals surface area contributed by atoms with Crippen molar-refractivity contribution in [1.29, 1.82) is 0 Å². The fourth-order valence-electron chi connectivity index (χ4n) is 3.20. The molecule has 0 radical (unpaired) electrons. The summed E-state index contributed by atoms with van der Waals surface area (Å²) in [5.41, 5.74) is -0.542. The Labute approximate surface area is 183 Å². The van der Waals surface area contributed by atoms with Crippen LogP contribution in [0.4, 0.5) is 23.2 Å². The number of piperazine rings is 1. The largest absolute Gasteiger partial charge is 0.495 e. The number of rotatable bonds is 4. The Morgan fingerprint density at radius 1 is 1.27 bits per heavy atom. The first-order chi connectivity index (χ1) is 14.0. The SMILES string of the molecule is COc1cc(N2CCN(C(=O)Cn3nc(C(F)(F)F)c(Br)c3C)CC2)c(F)cc1Cl. The lowest BCUT2D eigenvalue weighted by atomic mass is 10.2. The van der Waals surface area contributed by atoms with Gasteiger partial charge in [-0.15, -0.1) is 0 Å². The summed E-state index contributed by atoms with van der Waals surface area (Å²) in [4.78, 5) is 15.9. The Balaban J connectivity index is 1.67. The molecule has 1 saturated heterocycles. The average Bonchev–Trinajstić information content (AvgIpc) is 2.97. The number of carbonyl (C=O) groups is 1. The predicted molar refractivity (Wildman–Crippen MR) is 106 cm³/mol. The smallest absolute Gasteiger partial charge is 0.436 e. The van der Waals surface area contributed by atoms with Crippen LogP contribution >= 0.6 is 27.5 Å². The van der Waals surface area contributed by atoms with Crippen LogP contribution in [0.25, 0.3) is 0 Å². The fourth-order valence-corrected chi connectivity index (χ4v) is 3.94. The Morgan fingerprint density at radius 2 is 1.90 bits per heavy atom. The summed E-state index contributed by atoms with van der Waals surface area (Å²) in [6.07, 6.45) is -4.62. The van der Waals surface area contributed by atoms with Gasteiger partial charge in [0.1, 0.15) is 18.1 Å². The molecule has 0 atom stereocenters. The molecule has 2 heterocycles. The third kappa shape index (κ3) is 4.51. The predicted octanol–water partition coefficient (Wildman–Crippen LogP) is 4.12. The van der Waals surface area contributed by atoms with Gasteiger partial charge in [0.05, 0.1) is 28.0 Å². The Morgan fingerprint density at radius 3 is 2.43 bits per heavy atom. The highest BCUT2D eigenvalue weighted by Gasteiger charge is 2.38. The van der Waals surface area contributed by atoms with Crippen LogP contribution in [0.2, 0.25) is 5.02 Å². The van der Waals surface area contributed by atoms with Gasteiger partial charge >= 0.3 is 6.18 Å². The number of methoxy groups -OCH3 is 1. The normalized spacial score (nSPS) is 14.9. The molecule has 1 fully saturated rings. The minimum Gasteiger partial charge on any atom is -0.495 e. The zero-order valence-corrected chi connectivity index (χ0v) is 18.4. The third-order valence-corrected chi connectivity index (χ3v) is 6.13. The highest BCUT2D eigenvalue weighted by molar-refractivity contribution is 9.10. The van der Waals surface area contributed by atoms with E-state index in [1.165, 1.54) is 31.1 Å². The molecule has 1 aliphatic rings. The van der Waals surface area contributed by atoms with E-state index in [1.54, 1.807) is 4.90 Å². The highest BCUT2D eigenvalue weighted by Crippen LogP contribution is 2.36. The van der Waals surface area contributed by atoms with E-state index in [-0.39, 0.29) is 40.7 Å². The average molecular weight is 514 g/mol. The topological polar surface area (TPSA) is 50.6 Å². The molecular weight excluding hydrogens is 496 g/mol. The van der Waals surface area contributed by atoms with Crippen molar-refractivity contribution in [3.05, 3.63) is 38.8 Å². The van der Waals surface area contributed by atoms with Crippen molar-refractivity contribution in [3.8, 4) is 5.75 Å². The molecule has 2 aromatic rings. The fraction of sp³-hybridized carbons (Fsp3) is 0.444. The van der Waals surface area contributed by atoms with Crippen LogP contribution in [0.15, 0.2) is 16.6 Å². The van der Waals surface area contributed by atoms with Crippen LogP contribution in [0.1, 0.15) is 11.4 Å². The lowest BCUT2D eigenvalue weighted by Crippen LogP contribution is -2.50. The summed E-state index contributed by atoms with van der Waals surface area (Å²) >= 11 is 8.81. The second kappa shape index (κ2) is 8.62. The monoisotopic (exact) mass is 512 g/mol. The van der Waals surface area contributed by atoms with Gasteiger partial charge in [-0.1, -0.05) is 11.6 Å². The number of amides is 1. The van der Waals surface area contributed by atoms with Crippen LogP contribution in [0, 0.1) is 12.7 Å². The lowest BCUT2D eigenvalue weighted by Gasteiger charge is -2.36. The van der Waals surface area contributed by atoms with E-state index >= 15 is 0 Å². The number of carbonyl (C=O) groups excluding carboxylic acids is 1. The summed E-state index contributed by atoms with van der Waals surface area (Å²) in [7, 11) is 1.43. The standard InChI is InChI=1S/C18H18BrClF4N4O2/c1-10-16(19)17(18(22,23)24)25-28(10)9-15(29)27-5-3-26(4-6-27)13-8-14(30-2)11(20)7-12(13)21/h7-8H,3-6,9H2,1-2H3. The van der Waals surface area contributed by atoms with E-state index in [4.69, 9.17) is 16.3 Å². The molecule has 0 aliphatic carbocycles. The first-order valence-electron chi connectivity index (χ1n) is 8.88. The molecule has 1 aromatic carbocycles. The van der Waals surface area contributed by atoms with Gasteiger partial charge in [-0.3, -0.25) is 9.48 Å². The first-order valence-corrected chi connectivity index (χ1v) is 10.1. The molecule has 12 heteroatoms. The van der Waals surface area contributed by atoms with E-state index in [2.05, 4.69) is 21.0 Å². The van der Waals surface area contributed by atoms with Crippen molar-refractivity contribution in [3.63, 3.8) is 0 Å². The number of hydrogen-bond acceptors (Lipinski definition) is 4. The third-order valence-electron chi connectivity index (χ3n) is 4.88. The summed E-state index contributed by atoms with van der Waals surface area (Å²) < 4.78 is 59.3. The molecule has 0 N–H and O–H groups in total. The molecule has 3 rings (SSSR count). The van der Waals surface area contributed by atoms with E-state index < -0.39 is 17.7 Å². The second-order valence-electron chi connectivity index (χ2n) is 6.71. The summed E-state index contributed by atoms with van der Waals surface area (Å²) in [6.45, 7) is 2.41. The van der Waals surface area contributed by atoms with Crippen molar-refractivity contribution >= 4 is 39.1 Å². The Bertz CT molecular complexity index is 959. The minimum absolute atomic E-state index is 0.159. The molecule has 1 aliphatic heterocycles. The number of ether oxygens (including phenoxy) is 1. The summed E-state index contributed by atoms with van der Waals surface area (Å²) in [6, 6.07) is 2.67. The molecule has 30 heavy (non-hydrogen) atoms. The molecule has 0 bridgehead atoms. The van der Waals surface area contributed by atoms with Gasteiger partial charge in [0.25, 0.3) is 0 Å². The van der Waals surface area contributed by atoms with E-state index in [9.17, 15) is 22.4 Å². The Hall–Kier alpha value is -2.01. The maximum atomic E-state index is 14.3. The summed E-state index contributed by atoms with van der Waals surface area (Å²) in [5.74, 6) is -0.528. The van der Waals surface area contributed by atoms with E-state index in [0.717, 1.165) is 4.68 Å². The highest BCUT2D eigenvalue weighted by atomic mass is 79.9. The maximum absolute atomic E-state index is 14.3. The number of nitrogens with zero attached hydrogens (tertiary/aromatic N) is 4. The van der Waals surface area contributed by atoms with Crippen molar-refractivity contribution in [2.24, 2.45) is 0 Å². The van der Waals surface area contributed by atoms with Crippen molar-refractivity contribution < 1.29 is 27.1 Å². The van der Waals surface area contributed by atoms with E-state index in [1.807, 2.05) is 0 Å². The lowest BCUT2D eigenvalue weighted by molar-refractivity contribution is -0.142. The van der Waals surface area contributed by atoms with Gasteiger partial charge in [0.2, 0.25) is 5.91 Å². The van der Waals surface area contributed by atoms with Crippen molar-refractivity contribution in [2.45, 2.75) is 19.6 Å². The van der Waals surface area contributed by atoms with Gasteiger partial charge in [-0.25, -0.2) is 4.39 Å². The van der Waals surface area contributed by atoms with Crippen LogP contribution in [-0.4, -0.2) is 53.9 Å². The molecule has 0 saturated carbocycles. The van der Waals surface area contributed by atoms with Gasteiger partial charge < -0.3 is 14.5 Å². The molecular formula is C18H18BrClF4N4O2. The number of hydrogen-bond donors (Lipinski definition) is 0. The minimum atomic E-state index is -4.62. The zero-order chi connectivity index (χ0) is 22.2. The summed E-state index contributed by atoms with van der Waals surface area (Å²) in [5, 5.41) is 3.69. The van der Waals surface area contributed by atoms with Crippen LogP contribution in [0.3, 0.4) is 0 Å². The van der Waals surface area contributed by atoms with Gasteiger partial charge in [-0.2, -0.15) is 18.3 Å². The molecule has 164 valence electrons. The van der Waals surface area contributed by atoms with Crippen LogP contribution < -0.4 is 9.64 Å². The number of halogens is 6. The number of aromatic nitrogens is 2. The van der Waals surface area contributed by atoms with Gasteiger partial charge in [0, 0.05) is 32.2 Å². The maximum Gasteiger partial charge on any atom is 0.436 e. The second-order valence-corrected chi connectivity index (χ2v) is 7.91. The molecule has 6 nitrogen and oxygen atoms in total. The first kappa shape index (κ1) is 22.7. The van der Waals surface area contributed by atoms with Crippen molar-refractivity contribution in [2.75, 3.05) is 38.2 Å². The van der Waals surface area contributed by atoms with Crippen LogP contribution in [-0.2, 0) is 17.5 Å². The zero-order valence-electron chi connectivity index (χ0n) is 16.1. The van der Waals surface area contributed by atoms with Crippen molar-refractivity contribution in [1.82, 2.24) is 14.7 Å². The molecule has 0 unspecified atom stereocenters. The Kier molecular flexibility index (Phi) is 6.51. The quantitative estimate of drug-likeness (QED) is 0.577.